The molecule has 6 heteroatoms. The van der Waals surface area contributed by atoms with Crippen molar-refractivity contribution in [2.75, 3.05) is 13.1 Å². The number of carbonyl (C=O) groups excluding carboxylic acids is 1. The highest BCUT2D eigenvalue weighted by molar-refractivity contribution is 6.33. The van der Waals surface area contributed by atoms with Crippen molar-refractivity contribution in [3.8, 4) is 5.75 Å². The topological polar surface area (TPSA) is 53.9 Å². The number of fused-ring (bicyclic) bond motifs is 2. The molecule has 1 saturated heterocycles. The Morgan fingerprint density at radius 3 is 2.96 bits per heavy atom. The van der Waals surface area contributed by atoms with Crippen LogP contribution < -0.4 is 10.1 Å². The maximum atomic E-state index is 12.0. The highest BCUT2D eigenvalue weighted by Crippen LogP contribution is 2.39. The summed E-state index contributed by atoms with van der Waals surface area (Å²) in [7, 11) is 0. The lowest BCUT2D eigenvalue weighted by Gasteiger charge is -2.34. The van der Waals surface area contributed by atoms with E-state index in [1.165, 1.54) is 32.1 Å². The molecule has 2 aliphatic rings. The first-order chi connectivity index (χ1) is 12.7. The third kappa shape index (κ3) is 4.70. The highest BCUT2D eigenvalue weighted by Gasteiger charge is 2.25. The van der Waals surface area contributed by atoms with E-state index in [4.69, 9.17) is 21.3 Å². The second-order valence-electron chi connectivity index (χ2n) is 7.01. The molecule has 0 aliphatic carbocycles. The molecule has 0 unspecified atom stereocenters. The van der Waals surface area contributed by atoms with Crippen molar-refractivity contribution in [1.82, 2.24) is 10.2 Å². The number of hydrogen-bond acceptors (Lipinski definition) is 4. The molecular weight excluding hydrogens is 350 g/mol. The van der Waals surface area contributed by atoms with Gasteiger partial charge in [0.05, 0.1) is 10.7 Å². The van der Waals surface area contributed by atoms with E-state index in [2.05, 4.69) is 17.1 Å². The number of rotatable bonds is 7. The van der Waals surface area contributed by atoms with Crippen molar-refractivity contribution in [2.45, 2.75) is 64.8 Å². The molecule has 0 atom stereocenters. The minimum Gasteiger partial charge on any atom is -0.409 e. The van der Waals surface area contributed by atoms with Gasteiger partial charge in [0, 0.05) is 31.6 Å². The van der Waals surface area contributed by atoms with Gasteiger partial charge in [-0.25, -0.2) is 9.79 Å². The van der Waals surface area contributed by atoms with Gasteiger partial charge in [-0.05, 0) is 31.4 Å². The Bertz CT molecular complexity index is 675. The van der Waals surface area contributed by atoms with Gasteiger partial charge < -0.3 is 15.0 Å². The minimum absolute atomic E-state index is 0.407. The summed E-state index contributed by atoms with van der Waals surface area (Å²) >= 11 is 6.52. The van der Waals surface area contributed by atoms with Crippen LogP contribution in [0.2, 0.25) is 5.02 Å². The fraction of sp³-hybridized carbons (Fsp3) is 0.600. The van der Waals surface area contributed by atoms with Crippen LogP contribution in [0.25, 0.3) is 0 Å². The fourth-order valence-corrected chi connectivity index (χ4v) is 3.74. The Labute approximate surface area is 160 Å². The normalized spacial score (nSPS) is 15.8. The number of unbranched alkanes of at least 4 members (excludes halogenated alkanes) is 4. The van der Waals surface area contributed by atoms with Gasteiger partial charge >= 0.3 is 6.09 Å². The van der Waals surface area contributed by atoms with Gasteiger partial charge in [-0.3, -0.25) is 0 Å². The summed E-state index contributed by atoms with van der Waals surface area (Å²) in [5, 5.41) is 3.30. The van der Waals surface area contributed by atoms with E-state index in [9.17, 15) is 4.79 Å². The monoisotopic (exact) mass is 377 g/mol. The first-order valence-corrected chi connectivity index (χ1v) is 10.2. The molecule has 1 fully saturated rings. The van der Waals surface area contributed by atoms with Crippen molar-refractivity contribution in [2.24, 2.45) is 4.99 Å². The molecule has 1 aromatic rings. The molecule has 1 amide bonds. The average molecular weight is 378 g/mol. The Balaban J connectivity index is 1.56. The van der Waals surface area contributed by atoms with Crippen molar-refractivity contribution in [1.29, 1.82) is 0 Å². The number of carbonyl (C=O) groups is 1. The van der Waals surface area contributed by atoms with Crippen LogP contribution in [0.3, 0.4) is 0 Å². The SMILES string of the molecule is CCCCCCCNC(=O)Oc1ccc2c(c1Cl)CN1CCCCC1=N2. The van der Waals surface area contributed by atoms with E-state index in [1.54, 1.807) is 6.07 Å². The van der Waals surface area contributed by atoms with E-state index in [0.29, 0.717) is 17.3 Å². The van der Waals surface area contributed by atoms with Crippen molar-refractivity contribution in [3.63, 3.8) is 0 Å². The predicted octanol–water partition coefficient (Wildman–Crippen LogP) is 5.43. The van der Waals surface area contributed by atoms with Gasteiger partial charge in [0.15, 0.2) is 5.75 Å². The van der Waals surface area contributed by atoms with Gasteiger partial charge in [0.25, 0.3) is 0 Å². The summed E-state index contributed by atoms with van der Waals surface area (Å²) < 4.78 is 5.43. The summed E-state index contributed by atoms with van der Waals surface area (Å²) in [6.07, 6.45) is 8.73. The van der Waals surface area contributed by atoms with E-state index >= 15 is 0 Å². The quantitative estimate of drug-likeness (QED) is 0.644. The lowest BCUT2D eigenvalue weighted by molar-refractivity contribution is 0.200. The smallest absolute Gasteiger partial charge is 0.409 e. The Morgan fingerprint density at radius 2 is 2.12 bits per heavy atom. The van der Waals surface area contributed by atoms with Crippen molar-refractivity contribution in [3.05, 3.63) is 22.7 Å². The van der Waals surface area contributed by atoms with Gasteiger partial charge in [-0.1, -0.05) is 44.2 Å². The second kappa shape index (κ2) is 9.26. The van der Waals surface area contributed by atoms with Crippen molar-refractivity contribution >= 4 is 29.2 Å². The largest absolute Gasteiger partial charge is 0.412 e. The van der Waals surface area contributed by atoms with E-state index in [-0.39, 0.29) is 0 Å². The maximum absolute atomic E-state index is 12.0. The zero-order chi connectivity index (χ0) is 18.4. The highest BCUT2D eigenvalue weighted by atomic mass is 35.5. The van der Waals surface area contributed by atoms with E-state index < -0.39 is 6.09 Å². The van der Waals surface area contributed by atoms with Crippen molar-refractivity contribution < 1.29 is 9.53 Å². The fourth-order valence-electron chi connectivity index (χ4n) is 3.48. The molecule has 0 spiro atoms. The zero-order valence-electron chi connectivity index (χ0n) is 15.5. The molecule has 2 aliphatic heterocycles. The summed E-state index contributed by atoms with van der Waals surface area (Å²) in [5.74, 6) is 1.55. The van der Waals surface area contributed by atoms with Crippen LogP contribution >= 0.6 is 11.6 Å². The molecule has 0 bridgehead atoms. The standard InChI is InChI=1S/C20H28ClN3O2/c1-2-3-4-5-7-12-22-20(25)26-17-11-10-16-15(19(17)21)14-24-13-8-6-9-18(24)23-16/h10-11H,2-9,12-14H2,1H3,(H,22,25). The molecule has 3 rings (SSSR count). The number of halogens is 1. The van der Waals surface area contributed by atoms with Crippen LogP contribution in [0.1, 0.15) is 63.9 Å². The lowest BCUT2D eigenvalue weighted by atomic mass is 10.0. The Hall–Kier alpha value is -1.75. The molecular formula is C20H28ClN3O2. The number of benzene rings is 1. The lowest BCUT2D eigenvalue weighted by Crippen LogP contribution is -2.36. The van der Waals surface area contributed by atoms with Crippen LogP contribution in [0.5, 0.6) is 5.75 Å². The van der Waals surface area contributed by atoms with Gasteiger partial charge in [0.1, 0.15) is 5.84 Å². The second-order valence-corrected chi connectivity index (χ2v) is 7.39. The molecule has 142 valence electrons. The van der Waals surface area contributed by atoms with E-state index in [1.807, 2.05) is 6.07 Å². The van der Waals surface area contributed by atoms with Crippen LogP contribution in [-0.2, 0) is 6.54 Å². The first-order valence-electron chi connectivity index (χ1n) is 9.78. The average Bonchev–Trinajstić information content (AvgIpc) is 2.66. The minimum atomic E-state index is -0.444. The summed E-state index contributed by atoms with van der Waals surface area (Å²) in [4.78, 5) is 19.0. The molecule has 0 radical (unpaired) electrons. The number of piperidine rings is 1. The molecule has 1 N–H and O–H groups in total. The summed E-state index contributed by atoms with van der Waals surface area (Å²) in [5.41, 5.74) is 1.84. The molecule has 1 aromatic carbocycles. The Kier molecular flexibility index (Phi) is 6.78. The number of amides is 1. The zero-order valence-corrected chi connectivity index (χ0v) is 16.3. The number of amidine groups is 1. The third-order valence-electron chi connectivity index (χ3n) is 4.98. The number of aliphatic imine (C=N–C) groups is 1. The molecule has 5 nitrogen and oxygen atoms in total. The molecule has 2 heterocycles. The van der Waals surface area contributed by atoms with Crippen LogP contribution in [-0.4, -0.2) is 29.9 Å². The van der Waals surface area contributed by atoms with Gasteiger partial charge in [-0.15, -0.1) is 0 Å². The van der Waals surface area contributed by atoms with Gasteiger partial charge in [0.2, 0.25) is 0 Å². The third-order valence-corrected chi connectivity index (χ3v) is 5.39. The molecule has 0 saturated carbocycles. The number of nitrogens with one attached hydrogen (secondary N) is 1. The summed E-state index contributed by atoms with van der Waals surface area (Å²) in [6.45, 7) is 4.57. The molecule has 26 heavy (non-hydrogen) atoms. The number of hydrogen-bond donors (Lipinski definition) is 1. The first kappa shape index (κ1) is 19.0. The van der Waals surface area contributed by atoms with E-state index in [0.717, 1.165) is 49.4 Å². The van der Waals surface area contributed by atoms with Crippen LogP contribution in [0.15, 0.2) is 17.1 Å². The number of nitrogens with zero attached hydrogens (tertiary/aromatic N) is 2. The Morgan fingerprint density at radius 1 is 1.27 bits per heavy atom. The van der Waals surface area contributed by atoms with Crippen LogP contribution in [0, 0.1) is 0 Å². The summed E-state index contributed by atoms with van der Waals surface area (Å²) in [6, 6.07) is 3.64. The van der Waals surface area contributed by atoms with Crippen LogP contribution in [0.4, 0.5) is 10.5 Å². The molecule has 0 aromatic heterocycles. The number of ether oxygens (including phenoxy) is 1. The maximum Gasteiger partial charge on any atom is 0.412 e. The van der Waals surface area contributed by atoms with Gasteiger partial charge in [-0.2, -0.15) is 0 Å². The predicted molar refractivity (Wildman–Crippen MR) is 106 cm³/mol.